The number of nitrogens with two attached hydrogens (primary N) is 1. The van der Waals surface area contributed by atoms with Crippen molar-refractivity contribution in [3.8, 4) is 0 Å². The summed E-state index contributed by atoms with van der Waals surface area (Å²) in [6, 6.07) is 9.48. The Bertz CT molecular complexity index is 758. The van der Waals surface area contributed by atoms with Gasteiger partial charge in [0.1, 0.15) is 17.3 Å². The fourth-order valence-electron chi connectivity index (χ4n) is 2.15. The molecule has 0 unspecified atom stereocenters. The van der Waals surface area contributed by atoms with E-state index < -0.39 is 0 Å². The number of anilines is 1. The first-order valence-electron chi connectivity index (χ1n) is 6.64. The number of aromatic nitrogens is 2. The molecule has 0 aliphatic heterocycles. The van der Waals surface area contributed by atoms with Gasteiger partial charge in [-0.15, -0.1) is 11.3 Å². The van der Waals surface area contributed by atoms with E-state index in [1.54, 1.807) is 16.8 Å². The maximum atomic E-state index is 12.1. The number of benzene rings is 1. The van der Waals surface area contributed by atoms with Crippen molar-refractivity contribution in [1.82, 2.24) is 9.55 Å². The molecular formula is C15H15N3O2S. The van der Waals surface area contributed by atoms with Crippen molar-refractivity contribution in [3.05, 3.63) is 47.2 Å². The molecule has 3 rings (SSSR count). The Kier molecular flexibility index (Phi) is 3.62. The molecule has 2 aromatic heterocycles. The molecule has 0 saturated carbocycles. The topological polar surface area (TPSA) is 70.1 Å². The molecule has 5 nitrogen and oxygen atoms in total. The highest BCUT2D eigenvalue weighted by Gasteiger charge is 2.14. The van der Waals surface area contributed by atoms with Crippen molar-refractivity contribution < 1.29 is 9.53 Å². The molecule has 6 heteroatoms. The van der Waals surface area contributed by atoms with Gasteiger partial charge in [0.15, 0.2) is 0 Å². The summed E-state index contributed by atoms with van der Waals surface area (Å²) in [5, 5.41) is 0.784. The zero-order valence-electron chi connectivity index (χ0n) is 11.6. The van der Waals surface area contributed by atoms with E-state index in [4.69, 9.17) is 10.5 Å². The second-order valence-electron chi connectivity index (χ2n) is 4.60. The summed E-state index contributed by atoms with van der Waals surface area (Å²) >= 11 is 1.53. The van der Waals surface area contributed by atoms with Gasteiger partial charge in [0.05, 0.1) is 15.9 Å². The number of esters is 1. The molecule has 0 spiro atoms. The quantitative estimate of drug-likeness (QED) is 0.752. The summed E-state index contributed by atoms with van der Waals surface area (Å²) in [5.74, 6) is -0.382. The van der Waals surface area contributed by atoms with Crippen molar-refractivity contribution in [1.29, 1.82) is 0 Å². The number of ether oxygens (including phenoxy) is 1. The molecule has 0 amide bonds. The van der Waals surface area contributed by atoms with Crippen LogP contribution in [0, 0.1) is 0 Å². The average Bonchev–Trinajstić information content (AvgIpc) is 3.07. The molecule has 108 valence electrons. The Labute approximate surface area is 126 Å². The first-order valence-corrected chi connectivity index (χ1v) is 7.46. The van der Waals surface area contributed by atoms with Gasteiger partial charge in [-0.05, 0) is 25.1 Å². The lowest BCUT2D eigenvalue weighted by atomic mass is 10.3. The van der Waals surface area contributed by atoms with Crippen LogP contribution >= 0.6 is 11.3 Å². The third kappa shape index (κ3) is 2.75. The molecule has 2 heterocycles. The van der Waals surface area contributed by atoms with Gasteiger partial charge < -0.3 is 15.0 Å². The summed E-state index contributed by atoms with van der Waals surface area (Å²) in [5.41, 5.74) is 7.67. The molecule has 1 aromatic carbocycles. The molecule has 21 heavy (non-hydrogen) atoms. The summed E-state index contributed by atoms with van der Waals surface area (Å²) < 4.78 is 8.19. The molecule has 0 bridgehead atoms. The van der Waals surface area contributed by atoms with E-state index in [0.717, 1.165) is 15.2 Å². The van der Waals surface area contributed by atoms with E-state index in [1.807, 2.05) is 31.2 Å². The van der Waals surface area contributed by atoms with Crippen molar-refractivity contribution in [2.45, 2.75) is 20.1 Å². The number of rotatable bonds is 4. The number of carbonyl (C=O) groups excluding carboxylic acids is 1. The largest absolute Gasteiger partial charge is 0.454 e. The zero-order chi connectivity index (χ0) is 14.8. The van der Waals surface area contributed by atoms with Crippen LogP contribution in [-0.4, -0.2) is 15.5 Å². The highest BCUT2D eigenvalue weighted by Crippen LogP contribution is 2.22. The predicted molar refractivity (Wildman–Crippen MR) is 83.3 cm³/mol. The number of nitrogen functional groups attached to an aromatic ring is 1. The van der Waals surface area contributed by atoms with Gasteiger partial charge in [0.2, 0.25) is 0 Å². The van der Waals surface area contributed by atoms with E-state index in [0.29, 0.717) is 17.9 Å². The average molecular weight is 301 g/mol. The van der Waals surface area contributed by atoms with Gasteiger partial charge in [-0.1, -0.05) is 12.1 Å². The Morgan fingerprint density at radius 3 is 3.00 bits per heavy atom. The van der Waals surface area contributed by atoms with Crippen LogP contribution in [0.1, 0.15) is 22.4 Å². The van der Waals surface area contributed by atoms with Crippen molar-refractivity contribution in [2.75, 3.05) is 5.73 Å². The molecule has 0 fully saturated rings. The lowest BCUT2D eigenvalue weighted by Crippen LogP contribution is -2.11. The van der Waals surface area contributed by atoms with Crippen LogP contribution in [-0.2, 0) is 17.9 Å². The molecular weight excluding hydrogens is 286 g/mol. The third-order valence-corrected chi connectivity index (χ3v) is 4.14. The fraction of sp³-hybridized carbons (Fsp3) is 0.200. The van der Waals surface area contributed by atoms with Crippen LogP contribution in [0.25, 0.3) is 10.2 Å². The third-order valence-electron chi connectivity index (χ3n) is 3.13. The van der Waals surface area contributed by atoms with Crippen molar-refractivity contribution in [3.63, 3.8) is 0 Å². The molecule has 0 radical (unpaired) electrons. The molecule has 0 aliphatic rings. The molecule has 0 aliphatic carbocycles. The van der Waals surface area contributed by atoms with Gasteiger partial charge in [0.25, 0.3) is 0 Å². The minimum Gasteiger partial charge on any atom is -0.454 e. The summed E-state index contributed by atoms with van der Waals surface area (Å²) in [7, 11) is 0. The van der Waals surface area contributed by atoms with Gasteiger partial charge in [0, 0.05) is 12.7 Å². The number of fused-ring (bicyclic) bond motifs is 1. The Morgan fingerprint density at radius 2 is 2.24 bits per heavy atom. The number of aryl methyl sites for hydroxylation is 1. The van der Waals surface area contributed by atoms with Crippen LogP contribution in [0.2, 0.25) is 0 Å². The lowest BCUT2D eigenvalue weighted by Gasteiger charge is -2.05. The zero-order valence-corrected chi connectivity index (χ0v) is 12.4. The van der Waals surface area contributed by atoms with Crippen molar-refractivity contribution in [2.24, 2.45) is 0 Å². The molecule has 2 N–H and O–H groups in total. The summed E-state index contributed by atoms with van der Waals surface area (Å²) in [6.07, 6.45) is 1.73. The van der Waals surface area contributed by atoms with Gasteiger partial charge in [-0.3, -0.25) is 0 Å². The molecule has 0 atom stereocenters. The van der Waals surface area contributed by atoms with E-state index in [2.05, 4.69) is 4.98 Å². The number of nitrogens with zero attached hydrogens (tertiary/aromatic N) is 2. The van der Waals surface area contributed by atoms with Gasteiger partial charge in [-0.2, -0.15) is 0 Å². The Morgan fingerprint density at radius 1 is 1.43 bits per heavy atom. The predicted octanol–water partition coefficient (Wildman–Crippen LogP) is 3.06. The van der Waals surface area contributed by atoms with E-state index in [9.17, 15) is 4.79 Å². The van der Waals surface area contributed by atoms with Crippen LogP contribution in [0.5, 0.6) is 0 Å². The second-order valence-corrected chi connectivity index (χ2v) is 5.71. The standard InChI is InChI=1S/C15H15N3O2S/c1-2-18-8-10(16)7-12(18)15(19)20-9-14-17-11-5-3-4-6-13(11)21-14/h3-8H,2,9,16H2,1H3. The van der Waals surface area contributed by atoms with Gasteiger partial charge in [-0.25, -0.2) is 9.78 Å². The SMILES string of the molecule is CCn1cc(N)cc1C(=O)OCc1nc2ccccc2s1. The van der Waals surface area contributed by atoms with Crippen LogP contribution < -0.4 is 5.73 Å². The molecule has 3 aromatic rings. The van der Waals surface area contributed by atoms with E-state index in [1.165, 1.54) is 11.3 Å². The highest BCUT2D eigenvalue weighted by atomic mass is 32.1. The van der Waals surface area contributed by atoms with E-state index >= 15 is 0 Å². The number of hydrogen-bond acceptors (Lipinski definition) is 5. The second kappa shape index (κ2) is 5.57. The highest BCUT2D eigenvalue weighted by molar-refractivity contribution is 7.18. The maximum absolute atomic E-state index is 12.1. The Balaban J connectivity index is 1.73. The summed E-state index contributed by atoms with van der Waals surface area (Å²) in [4.78, 5) is 16.5. The normalized spacial score (nSPS) is 10.9. The van der Waals surface area contributed by atoms with Crippen LogP contribution in [0.15, 0.2) is 36.5 Å². The van der Waals surface area contributed by atoms with Crippen LogP contribution in [0.4, 0.5) is 5.69 Å². The van der Waals surface area contributed by atoms with Gasteiger partial charge >= 0.3 is 5.97 Å². The monoisotopic (exact) mass is 301 g/mol. The van der Waals surface area contributed by atoms with E-state index in [-0.39, 0.29) is 12.6 Å². The van der Waals surface area contributed by atoms with Crippen molar-refractivity contribution >= 4 is 33.2 Å². The number of hydrogen-bond donors (Lipinski definition) is 1. The minimum atomic E-state index is -0.382. The number of carbonyl (C=O) groups is 1. The summed E-state index contributed by atoms with van der Waals surface area (Å²) in [6.45, 7) is 2.79. The fourth-order valence-corrected chi connectivity index (χ4v) is 3.03. The smallest absolute Gasteiger partial charge is 0.355 e. The maximum Gasteiger partial charge on any atom is 0.355 e. The van der Waals surface area contributed by atoms with Crippen LogP contribution in [0.3, 0.4) is 0 Å². The number of para-hydroxylation sites is 1. The first kappa shape index (κ1) is 13.6. The first-order chi connectivity index (χ1) is 10.2. The minimum absolute atomic E-state index is 0.174. The lowest BCUT2D eigenvalue weighted by molar-refractivity contribution is 0.0460. The number of thiazole rings is 1. The molecule has 0 saturated heterocycles. The Hall–Kier alpha value is -2.34.